The summed E-state index contributed by atoms with van der Waals surface area (Å²) in [6.45, 7) is 4.87. The van der Waals surface area contributed by atoms with Crippen LogP contribution in [-0.2, 0) is 0 Å². The van der Waals surface area contributed by atoms with Crippen LogP contribution in [0.1, 0.15) is 13.8 Å². The molecule has 0 radical (unpaired) electrons. The van der Waals surface area contributed by atoms with Crippen molar-refractivity contribution in [2.75, 3.05) is 19.6 Å². The van der Waals surface area contributed by atoms with Crippen LogP contribution in [0.2, 0.25) is 0 Å². The summed E-state index contributed by atoms with van der Waals surface area (Å²) >= 11 is 0. The van der Waals surface area contributed by atoms with Crippen molar-refractivity contribution in [1.29, 1.82) is 0 Å². The topological polar surface area (TPSA) is 84.3 Å². The van der Waals surface area contributed by atoms with Crippen LogP contribution in [0.4, 0.5) is 0 Å². The zero-order valence-corrected chi connectivity index (χ0v) is 7.30. The van der Waals surface area contributed by atoms with E-state index in [9.17, 15) is 5.11 Å². The molecule has 0 aromatic rings. The van der Waals surface area contributed by atoms with Crippen molar-refractivity contribution in [2.24, 2.45) is 11.5 Å². The number of hydrogen-bond donors (Lipinski definition) is 4. The molecule has 0 spiro atoms. The average molecular weight is 161 g/mol. The summed E-state index contributed by atoms with van der Waals surface area (Å²) < 4.78 is 0. The van der Waals surface area contributed by atoms with Gasteiger partial charge in [-0.15, -0.1) is 0 Å². The van der Waals surface area contributed by atoms with E-state index in [0.717, 1.165) is 0 Å². The number of aliphatic hydroxyl groups is 1. The molecule has 0 unspecified atom stereocenters. The molecule has 0 heterocycles. The lowest BCUT2D eigenvalue weighted by atomic mass is 10.1. The molecule has 68 valence electrons. The predicted molar refractivity (Wildman–Crippen MR) is 46.2 cm³/mol. The van der Waals surface area contributed by atoms with Crippen molar-refractivity contribution in [3.8, 4) is 0 Å². The number of nitrogens with one attached hydrogen (secondary N) is 1. The second-order valence-electron chi connectivity index (χ2n) is 3.17. The van der Waals surface area contributed by atoms with Crippen LogP contribution in [0.25, 0.3) is 0 Å². The van der Waals surface area contributed by atoms with Crippen LogP contribution in [0.3, 0.4) is 0 Å². The van der Waals surface area contributed by atoms with Crippen LogP contribution in [-0.4, -0.2) is 36.4 Å². The van der Waals surface area contributed by atoms with Gasteiger partial charge >= 0.3 is 0 Å². The molecule has 0 saturated heterocycles. The van der Waals surface area contributed by atoms with Crippen LogP contribution < -0.4 is 16.8 Å². The zero-order chi connectivity index (χ0) is 8.91. The van der Waals surface area contributed by atoms with E-state index in [1.54, 1.807) is 0 Å². The Kier molecular flexibility index (Phi) is 4.60. The summed E-state index contributed by atoms with van der Waals surface area (Å²) in [6.07, 6.45) is 0. The fraction of sp³-hybridized carbons (Fsp3) is 1.00. The van der Waals surface area contributed by atoms with Crippen molar-refractivity contribution < 1.29 is 5.11 Å². The number of rotatable bonds is 5. The van der Waals surface area contributed by atoms with Gasteiger partial charge in [-0.3, -0.25) is 0 Å². The summed E-state index contributed by atoms with van der Waals surface area (Å²) in [7, 11) is 0. The molecular weight excluding hydrogens is 142 g/mol. The first-order valence-electron chi connectivity index (χ1n) is 3.90. The molecule has 0 atom stereocenters. The van der Waals surface area contributed by atoms with Crippen molar-refractivity contribution in [3.63, 3.8) is 0 Å². The van der Waals surface area contributed by atoms with Crippen molar-refractivity contribution in [2.45, 2.75) is 25.5 Å². The molecule has 0 aromatic carbocycles. The quantitative estimate of drug-likeness (QED) is 0.401. The predicted octanol–water partition coefficient (Wildman–Crippen LogP) is -1.37. The molecule has 11 heavy (non-hydrogen) atoms. The van der Waals surface area contributed by atoms with Crippen LogP contribution >= 0.6 is 0 Å². The van der Waals surface area contributed by atoms with E-state index in [1.165, 1.54) is 0 Å². The molecule has 4 heteroatoms. The maximum absolute atomic E-state index is 9.57. The molecule has 0 aliphatic carbocycles. The summed E-state index contributed by atoms with van der Waals surface area (Å²) in [5.41, 5.74) is 9.73. The maximum Gasteiger partial charge on any atom is 0.101 e. The standard InChI is InChI=1S/C7H19N3O/c1-6(2)10-5-7(11,3-8)4-9/h6,10-11H,3-5,8-9H2,1-2H3. The zero-order valence-electron chi connectivity index (χ0n) is 7.30. The van der Waals surface area contributed by atoms with Gasteiger partial charge in [0, 0.05) is 25.7 Å². The van der Waals surface area contributed by atoms with Gasteiger partial charge in [0.15, 0.2) is 0 Å². The molecule has 0 aliphatic heterocycles. The largest absolute Gasteiger partial charge is 0.386 e. The fourth-order valence-electron chi connectivity index (χ4n) is 0.622. The molecule has 0 saturated carbocycles. The minimum absolute atomic E-state index is 0.198. The first kappa shape index (κ1) is 10.8. The van der Waals surface area contributed by atoms with Crippen LogP contribution in [0, 0.1) is 0 Å². The first-order valence-corrected chi connectivity index (χ1v) is 3.90. The minimum atomic E-state index is -0.940. The van der Waals surface area contributed by atoms with Crippen LogP contribution in [0.5, 0.6) is 0 Å². The first-order chi connectivity index (χ1) is 5.04. The summed E-state index contributed by atoms with van der Waals surface area (Å²) in [5.74, 6) is 0. The summed E-state index contributed by atoms with van der Waals surface area (Å²) in [6, 6.07) is 0.347. The van der Waals surface area contributed by atoms with Gasteiger partial charge < -0.3 is 21.9 Å². The smallest absolute Gasteiger partial charge is 0.101 e. The van der Waals surface area contributed by atoms with E-state index in [1.807, 2.05) is 13.8 Å². The second kappa shape index (κ2) is 4.66. The number of nitrogens with two attached hydrogens (primary N) is 2. The average Bonchev–Trinajstić information content (AvgIpc) is 2.00. The van der Waals surface area contributed by atoms with Crippen LogP contribution in [0.15, 0.2) is 0 Å². The maximum atomic E-state index is 9.57. The van der Waals surface area contributed by atoms with E-state index in [4.69, 9.17) is 11.5 Å². The molecule has 0 fully saturated rings. The highest BCUT2D eigenvalue weighted by Crippen LogP contribution is 1.97. The molecule has 0 bridgehead atoms. The fourth-order valence-corrected chi connectivity index (χ4v) is 0.622. The van der Waals surface area contributed by atoms with E-state index in [2.05, 4.69) is 5.32 Å². The molecule has 0 rings (SSSR count). The molecular formula is C7H19N3O. The van der Waals surface area contributed by atoms with Gasteiger partial charge in [0.25, 0.3) is 0 Å². The molecule has 4 nitrogen and oxygen atoms in total. The SMILES string of the molecule is CC(C)NCC(O)(CN)CN. The Labute approximate surface area is 68.0 Å². The van der Waals surface area contributed by atoms with E-state index in [-0.39, 0.29) is 13.1 Å². The number of hydrogen-bond acceptors (Lipinski definition) is 4. The lowest BCUT2D eigenvalue weighted by Gasteiger charge is -2.26. The third-order valence-electron chi connectivity index (χ3n) is 1.60. The monoisotopic (exact) mass is 161 g/mol. The molecule has 0 aromatic heterocycles. The second-order valence-corrected chi connectivity index (χ2v) is 3.17. The Balaban J connectivity index is 3.69. The summed E-state index contributed by atoms with van der Waals surface area (Å²) in [5, 5.41) is 12.6. The van der Waals surface area contributed by atoms with Gasteiger partial charge in [0.2, 0.25) is 0 Å². The van der Waals surface area contributed by atoms with E-state index >= 15 is 0 Å². The highest BCUT2D eigenvalue weighted by Gasteiger charge is 2.22. The van der Waals surface area contributed by atoms with Gasteiger partial charge in [0.1, 0.15) is 5.60 Å². The highest BCUT2D eigenvalue weighted by molar-refractivity contribution is 4.83. The Hall–Kier alpha value is -0.160. The van der Waals surface area contributed by atoms with Gasteiger partial charge in [-0.25, -0.2) is 0 Å². The van der Waals surface area contributed by atoms with Crippen molar-refractivity contribution in [1.82, 2.24) is 5.32 Å². The van der Waals surface area contributed by atoms with Gasteiger partial charge in [-0.2, -0.15) is 0 Å². The van der Waals surface area contributed by atoms with Crippen molar-refractivity contribution in [3.05, 3.63) is 0 Å². The van der Waals surface area contributed by atoms with E-state index in [0.29, 0.717) is 12.6 Å². The normalized spacial score (nSPS) is 12.5. The Morgan fingerprint density at radius 2 is 1.82 bits per heavy atom. The van der Waals surface area contributed by atoms with Gasteiger partial charge in [-0.1, -0.05) is 13.8 Å². The Morgan fingerprint density at radius 1 is 1.36 bits per heavy atom. The third-order valence-corrected chi connectivity index (χ3v) is 1.60. The minimum Gasteiger partial charge on any atom is -0.386 e. The molecule has 6 N–H and O–H groups in total. The summed E-state index contributed by atoms with van der Waals surface area (Å²) in [4.78, 5) is 0. The van der Waals surface area contributed by atoms with E-state index < -0.39 is 5.60 Å². The van der Waals surface area contributed by atoms with Gasteiger partial charge in [0.05, 0.1) is 0 Å². The Bertz CT molecular complexity index is 102. The Morgan fingerprint density at radius 3 is 2.09 bits per heavy atom. The molecule has 0 aliphatic rings. The van der Waals surface area contributed by atoms with Crippen molar-refractivity contribution >= 4 is 0 Å². The lowest BCUT2D eigenvalue weighted by molar-refractivity contribution is 0.0561. The molecule has 0 amide bonds. The highest BCUT2D eigenvalue weighted by atomic mass is 16.3. The van der Waals surface area contributed by atoms with Gasteiger partial charge in [-0.05, 0) is 0 Å². The lowest BCUT2D eigenvalue weighted by Crippen LogP contribution is -2.53. The third kappa shape index (κ3) is 4.31.